The zero-order chi connectivity index (χ0) is 31.2. The fourth-order valence-corrected chi connectivity index (χ4v) is 7.40. The molecule has 7 nitrogen and oxygen atoms in total. The third-order valence-corrected chi connectivity index (χ3v) is 10.1. The number of nitrogens with zero attached hydrogens (tertiary/aromatic N) is 4. The molecule has 2 aliphatic rings. The molecular formula is C37H46N4O3. The van der Waals surface area contributed by atoms with Gasteiger partial charge in [-0.3, -0.25) is 9.69 Å². The average molecular weight is 595 g/mol. The molecule has 1 aliphatic heterocycles. The smallest absolute Gasteiger partial charge is 0.312 e. The first kappa shape index (κ1) is 30.3. The van der Waals surface area contributed by atoms with Crippen LogP contribution in [-0.2, 0) is 42.5 Å². The number of methoxy groups -OCH3 is 1. The molecule has 0 radical (unpaired) electrons. The number of esters is 1. The lowest BCUT2D eigenvalue weighted by atomic mass is 9.69. The van der Waals surface area contributed by atoms with Crippen LogP contribution in [0.5, 0.6) is 5.75 Å². The van der Waals surface area contributed by atoms with Gasteiger partial charge in [-0.25, -0.2) is 4.68 Å². The first-order valence-corrected chi connectivity index (χ1v) is 16.1. The molecule has 0 bridgehead atoms. The quantitative estimate of drug-likeness (QED) is 0.215. The van der Waals surface area contributed by atoms with Crippen LogP contribution in [0.25, 0.3) is 11.0 Å². The highest BCUT2D eigenvalue weighted by Gasteiger charge is 2.41. The molecule has 1 unspecified atom stereocenters. The van der Waals surface area contributed by atoms with E-state index >= 15 is 0 Å². The largest absolute Gasteiger partial charge is 0.489 e. The zero-order valence-electron chi connectivity index (χ0n) is 27.4. The van der Waals surface area contributed by atoms with E-state index in [1.54, 1.807) is 4.68 Å². The fourth-order valence-electron chi connectivity index (χ4n) is 7.40. The van der Waals surface area contributed by atoms with Crippen molar-refractivity contribution in [3.8, 4) is 5.75 Å². The number of benzene rings is 3. The molecule has 0 saturated carbocycles. The number of fused-ring (bicyclic) bond motifs is 3. The van der Waals surface area contributed by atoms with Crippen LogP contribution in [-0.4, -0.2) is 45.6 Å². The second-order valence-corrected chi connectivity index (χ2v) is 13.4. The van der Waals surface area contributed by atoms with Gasteiger partial charge in [-0.1, -0.05) is 42.5 Å². The Morgan fingerprint density at radius 2 is 1.82 bits per heavy atom. The van der Waals surface area contributed by atoms with Gasteiger partial charge in [-0.15, -0.1) is 5.10 Å². The van der Waals surface area contributed by atoms with Gasteiger partial charge in [-0.2, -0.15) is 0 Å². The summed E-state index contributed by atoms with van der Waals surface area (Å²) in [5.74, 6) is 0.600. The third-order valence-electron chi connectivity index (χ3n) is 10.1. The molecule has 0 spiro atoms. The topological polar surface area (TPSA) is 69.5 Å². The predicted molar refractivity (Wildman–Crippen MR) is 174 cm³/mol. The highest BCUT2D eigenvalue weighted by Crippen LogP contribution is 2.45. The van der Waals surface area contributed by atoms with E-state index in [4.69, 9.17) is 9.47 Å². The number of aromatic nitrogens is 3. The van der Waals surface area contributed by atoms with E-state index in [2.05, 4.69) is 78.4 Å². The Bertz CT molecular complexity index is 1700. The molecule has 1 aromatic heterocycles. The second-order valence-electron chi connectivity index (χ2n) is 13.4. The molecule has 2 atom stereocenters. The fraction of sp³-hybridized carbons (Fsp3) is 0.486. The monoisotopic (exact) mass is 594 g/mol. The number of hydrogen-bond acceptors (Lipinski definition) is 6. The van der Waals surface area contributed by atoms with Crippen LogP contribution >= 0.6 is 0 Å². The highest BCUT2D eigenvalue weighted by molar-refractivity contribution is 5.82. The Kier molecular flexibility index (Phi) is 8.27. The van der Waals surface area contributed by atoms with E-state index in [1.807, 2.05) is 20.9 Å². The van der Waals surface area contributed by atoms with Crippen LogP contribution in [0.2, 0.25) is 0 Å². The van der Waals surface area contributed by atoms with Crippen molar-refractivity contribution < 1.29 is 14.3 Å². The third kappa shape index (κ3) is 5.51. The Balaban J connectivity index is 1.39. The maximum absolute atomic E-state index is 13.3. The van der Waals surface area contributed by atoms with Gasteiger partial charge in [0.1, 0.15) is 17.4 Å². The summed E-state index contributed by atoms with van der Waals surface area (Å²) >= 11 is 0. The Morgan fingerprint density at radius 1 is 1.07 bits per heavy atom. The average Bonchev–Trinajstić information content (AvgIpc) is 3.30. The molecule has 2 heterocycles. The van der Waals surface area contributed by atoms with Gasteiger partial charge >= 0.3 is 5.97 Å². The van der Waals surface area contributed by atoms with Crippen molar-refractivity contribution in [3.63, 3.8) is 0 Å². The van der Waals surface area contributed by atoms with Crippen molar-refractivity contribution in [3.05, 3.63) is 87.0 Å². The summed E-state index contributed by atoms with van der Waals surface area (Å²) in [5.41, 5.74) is 11.0. The van der Waals surface area contributed by atoms with Gasteiger partial charge in [0.2, 0.25) is 0 Å². The molecular weight excluding hydrogens is 548 g/mol. The molecule has 0 N–H and O–H groups in total. The van der Waals surface area contributed by atoms with Crippen LogP contribution in [0.15, 0.2) is 42.5 Å². The summed E-state index contributed by atoms with van der Waals surface area (Å²) in [6.07, 6.45) is 5.97. The minimum atomic E-state index is -0.816. The number of carbonyl (C=O) groups is 1. The summed E-state index contributed by atoms with van der Waals surface area (Å²) in [5, 5.41) is 8.71. The van der Waals surface area contributed by atoms with Crippen molar-refractivity contribution in [1.82, 2.24) is 19.9 Å². The van der Waals surface area contributed by atoms with Crippen molar-refractivity contribution in [2.24, 2.45) is 12.5 Å². The van der Waals surface area contributed by atoms with Gasteiger partial charge in [0.25, 0.3) is 0 Å². The number of ether oxygens (including phenoxy) is 2. The van der Waals surface area contributed by atoms with E-state index in [0.717, 1.165) is 72.4 Å². The molecule has 44 heavy (non-hydrogen) atoms. The molecule has 0 amide bonds. The van der Waals surface area contributed by atoms with Crippen molar-refractivity contribution in [2.75, 3.05) is 13.7 Å². The molecule has 1 aliphatic carbocycles. The highest BCUT2D eigenvalue weighted by atomic mass is 16.5. The number of carbonyl (C=O) groups excluding carboxylic acids is 1. The lowest BCUT2D eigenvalue weighted by molar-refractivity contribution is -0.151. The van der Waals surface area contributed by atoms with Crippen LogP contribution in [0.1, 0.15) is 90.5 Å². The van der Waals surface area contributed by atoms with E-state index in [-0.39, 0.29) is 18.0 Å². The standard InChI is InChI=1S/C37H46N4O3/c1-8-30-22-41(21-29-17-25-11-9-10-12-26(25)19-33(29)44-30)20-28-18-27(14-13-23(28)2)34(37(4,5)36(42)43-7)31-15-16-32-35(24(31)3)38-39-40(32)6/h13-19,30,34H,8-12,20-22H2,1-7H3/t30-,34?/m1/s1. The van der Waals surface area contributed by atoms with Crippen LogP contribution in [0.3, 0.4) is 0 Å². The second kappa shape index (κ2) is 12.0. The summed E-state index contributed by atoms with van der Waals surface area (Å²) < 4.78 is 13.8. The molecule has 0 fully saturated rings. The van der Waals surface area contributed by atoms with Gasteiger partial charge in [0, 0.05) is 38.2 Å². The molecule has 232 valence electrons. The molecule has 0 saturated heterocycles. The summed E-state index contributed by atoms with van der Waals surface area (Å²) in [6.45, 7) is 13.0. The SMILES string of the molecule is CC[C@@H]1CN(Cc2cc(C(c3ccc4c(nnn4C)c3C)C(C)(C)C(=O)OC)ccc2C)Cc2cc3c(cc2O1)CCCC3. The first-order valence-electron chi connectivity index (χ1n) is 16.1. The molecule has 6 rings (SSSR count). The van der Waals surface area contributed by atoms with E-state index < -0.39 is 5.41 Å². The lowest BCUT2D eigenvalue weighted by Crippen LogP contribution is -2.34. The van der Waals surface area contributed by atoms with Gasteiger partial charge in [0.05, 0.1) is 18.0 Å². The summed E-state index contributed by atoms with van der Waals surface area (Å²) in [6, 6.07) is 15.6. The van der Waals surface area contributed by atoms with Crippen molar-refractivity contribution in [2.45, 2.75) is 91.8 Å². The van der Waals surface area contributed by atoms with Gasteiger partial charge in [-0.05, 0) is 111 Å². The van der Waals surface area contributed by atoms with Crippen molar-refractivity contribution >= 4 is 17.0 Å². The van der Waals surface area contributed by atoms with Crippen LogP contribution in [0, 0.1) is 19.3 Å². The van der Waals surface area contributed by atoms with Crippen LogP contribution < -0.4 is 4.74 Å². The first-order chi connectivity index (χ1) is 21.1. The van der Waals surface area contributed by atoms with Gasteiger partial charge < -0.3 is 9.47 Å². The predicted octanol–water partition coefficient (Wildman–Crippen LogP) is 6.97. The number of hydrogen-bond donors (Lipinski definition) is 0. The van der Waals surface area contributed by atoms with E-state index in [1.165, 1.54) is 47.8 Å². The lowest BCUT2D eigenvalue weighted by Gasteiger charge is -2.34. The van der Waals surface area contributed by atoms with Gasteiger partial charge in [0.15, 0.2) is 0 Å². The molecule has 3 aromatic carbocycles. The minimum absolute atomic E-state index is 0.147. The van der Waals surface area contributed by atoms with Crippen molar-refractivity contribution in [1.29, 1.82) is 0 Å². The number of aryl methyl sites for hydroxylation is 5. The molecule has 7 heteroatoms. The van der Waals surface area contributed by atoms with E-state index in [9.17, 15) is 4.79 Å². The Morgan fingerprint density at radius 3 is 2.55 bits per heavy atom. The molecule has 4 aromatic rings. The maximum Gasteiger partial charge on any atom is 0.312 e. The van der Waals surface area contributed by atoms with Crippen LogP contribution in [0.4, 0.5) is 0 Å². The maximum atomic E-state index is 13.3. The summed E-state index contributed by atoms with van der Waals surface area (Å²) in [7, 11) is 3.38. The number of rotatable bonds is 7. The van der Waals surface area contributed by atoms with E-state index in [0.29, 0.717) is 0 Å². The summed E-state index contributed by atoms with van der Waals surface area (Å²) in [4.78, 5) is 15.9. The Hall–Kier alpha value is -3.71. The zero-order valence-corrected chi connectivity index (χ0v) is 27.4. The minimum Gasteiger partial charge on any atom is -0.489 e. The Labute approximate surface area is 261 Å². The normalized spacial score (nSPS) is 17.8.